The highest BCUT2D eigenvalue weighted by Crippen LogP contribution is 2.31. The zero-order valence-electron chi connectivity index (χ0n) is 10.2. The molecular formula is C13H6Br2F3N3. The lowest BCUT2D eigenvalue weighted by Crippen LogP contribution is -2.04. The lowest BCUT2D eigenvalue weighted by molar-refractivity contribution is 0.574. The molecule has 3 aromatic rings. The van der Waals surface area contributed by atoms with Crippen LogP contribution in [0.15, 0.2) is 33.2 Å². The summed E-state index contributed by atoms with van der Waals surface area (Å²) < 4.78 is 42.5. The molecule has 0 fully saturated rings. The molecule has 3 rings (SSSR count). The summed E-state index contributed by atoms with van der Waals surface area (Å²) in [6, 6.07) is 4.61. The van der Waals surface area contributed by atoms with Crippen LogP contribution in [0.2, 0.25) is 0 Å². The maximum atomic E-state index is 14.0. The smallest absolute Gasteiger partial charge is 0.206 e. The third-order valence-corrected chi connectivity index (χ3v) is 4.17. The first-order chi connectivity index (χ1) is 9.88. The standard InChI is InChI=1S/C13H6Br2F3N3/c14-5-1-11(9(18)3-7(5)16)21-12-2-6(15)8(17)4-10(12)20-13(21)19/h1-4H,(H2,19,20). The van der Waals surface area contributed by atoms with Gasteiger partial charge in [-0.3, -0.25) is 4.57 Å². The maximum absolute atomic E-state index is 14.0. The number of hydrogen-bond acceptors (Lipinski definition) is 2. The van der Waals surface area contributed by atoms with Gasteiger partial charge in [0.1, 0.15) is 17.5 Å². The monoisotopic (exact) mass is 419 g/mol. The van der Waals surface area contributed by atoms with Crippen LogP contribution in [-0.2, 0) is 0 Å². The van der Waals surface area contributed by atoms with Crippen molar-refractivity contribution in [2.45, 2.75) is 0 Å². The molecule has 1 heterocycles. The minimum absolute atomic E-state index is 0.0155. The summed E-state index contributed by atoms with van der Waals surface area (Å²) in [5.41, 5.74) is 6.47. The molecule has 1 aromatic heterocycles. The second kappa shape index (κ2) is 5.03. The Morgan fingerprint density at radius 1 is 0.905 bits per heavy atom. The maximum Gasteiger partial charge on any atom is 0.206 e. The second-order valence-corrected chi connectivity index (χ2v) is 5.99. The number of hydrogen-bond donors (Lipinski definition) is 1. The molecule has 0 radical (unpaired) electrons. The van der Waals surface area contributed by atoms with E-state index in [1.165, 1.54) is 22.8 Å². The molecule has 108 valence electrons. The highest BCUT2D eigenvalue weighted by molar-refractivity contribution is 9.10. The largest absolute Gasteiger partial charge is 0.369 e. The average Bonchev–Trinajstić information content (AvgIpc) is 2.70. The Labute approximate surface area is 133 Å². The number of benzene rings is 2. The van der Waals surface area contributed by atoms with Crippen LogP contribution in [0.1, 0.15) is 0 Å². The Kier molecular flexibility index (Phi) is 3.45. The van der Waals surface area contributed by atoms with Gasteiger partial charge < -0.3 is 5.73 Å². The van der Waals surface area contributed by atoms with Gasteiger partial charge in [0.25, 0.3) is 0 Å². The van der Waals surface area contributed by atoms with Gasteiger partial charge in [0.15, 0.2) is 0 Å². The van der Waals surface area contributed by atoms with Crippen molar-refractivity contribution in [3.63, 3.8) is 0 Å². The first-order valence-corrected chi connectivity index (χ1v) is 7.25. The number of nitrogens with zero attached hydrogens (tertiary/aromatic N) is 2. The van der Waals surface area contributed by atoms with Gasteiger partial charge in [-0.05, 0) is 44.0 Å². The van der Waals surface area contributed by atoms with Crippen LogP contribution < -0.4 is 5.73 Å². The predicted octanol–water partition coefficient (Wildman–Crippen LogP) is 4.55. The van der Waals surface area contributed by atoms with E-state index in [1.54, 1.807) is 0 Å². The number of imidazole rings is 1. The topological polar surface area (TPSA) is 43.8 Å². The SMILES string of the molecule is Nc1nc2cc(F)c(Br)cc2n1-c1cc(Br)c(F)cc1F. The number of rotatable bonds is 1. The molecule has 2 aromatic carbocycles. The Bertz CT molecular complexity index is 877. The van der Waals surface area contributed by atoms with E-state index in [0.29, 0.717) is 5.52 Å². The summed E-state index contributed by atoms with van der Waals surface area (Å²) in [5.74, 6) is -2.07. The molecule has 0 bridgehead atoms. The number of anilines is 1. The number of fused-ring (bicyclic) bond motifs is 1. The van der Waals surface area contributed by atoms with E-state index in [4.69, 9.17) is 5.73 Å². The Morgan fingerprint density at radius 2 is 1.52 bits per heavy atom. The third kappa shape index (κ3) is 2.32. The molecule has 0 aliphatic carbocycles. The van der Waals surface area contributed by atoms with Crippen LogP contribution in [0.3, 0.4) is 0 Å². The van der Waals surface area contributed by atoms with Gasteiger partial charge in [-0.1, -0.05) is 0 Å². The number of nitrogen functional groups attached to an aromatic ring is 1. The summed E-state index contributed by atoms with van der Waals surface area (Å²) in [4.78, 5) is 3.99. The minimum Gasteiger partial charge on any atom is -0.369 e. The third-order valence-electron chi connectivity index (χ3n) is 2.95. The van der Waals surface area contributed by atoms with Gasteiger partial charge in [-0.25, -0.2) is 18.2 Å². The van der Waals surface area contributed by atoms with Crippen LogP contribution in [0.4, 0.5) is 19.1 Å². The van der Waals surface area contributed by atoms with E-state index in [1.807, 2.05) is 0 Å². The molecule has 0 aliphatic rings. The lowest BCUT2D eigenvalue weighted by Gasteiger charge is -2.09. The van der Waals surface area contributed by atoms with Gasteiger partial charge in [-0.2, -0.15) is 0 Å². The summed E-state index contributed by atoms with van der Waals surface area (Å²) in [7, 11) is 0. The van der Waals surface area contributed by atoms with Crippen molar-refractivity contribution in [1.82, 2.24) is 9.55 Å². The zero-order chi connectivity index (χ0) is 15.3. The van der Waals surface area contributed by atoms with Crippen molar-refractivity contribution < 1.29 is 13.2 Å². The summed E-state index contributed by atoms with van der Waals surface area (Å²) in [6.45, 7) is 0. The number of nitrogens with two attached hydrogens (primary N) is 1. The Morgan fingerprint density at radius 3 is 2.24 bits per heavy atom. The van der Waals surface area contributed by atoms with Crippen molar-refractivity contribution in [2.24, 2.45) is 0 Å². The van der Waals surface area contributed by atoms with Gasteiger partial charge in [0.2, 0.25) is 5.95 Å². The first kappa shape index (κ1) is 14.4. The molecule has 0 atom stereocenters. The van der Waals surface area contributed by atoms with Crippen LogP contribution in [0.25, 0.3) is 16.7 Å². The Hall–Kier alpha value is -1.54. The molecule has 0 spiro atoms. The molecular weight excluding hydrogens is 415 g/mol. The average molecular weight is 421 g/mol. The van der Waals surface area contributed by atoms with Gasteiger partial charge in [0, 0.05) is 12.1 Å². The van der Waals surface area contributed by atoms with E-state index in [-0.39, 0.29) is 26.1 Å². The molecule has 0 aliphatic heterocycles. The van der Waals surface area contributed by atoms with Crippen molar-refractivity contribution in [3.05, 3.63) is 50.7 Å². The van der Waals surface area contributed by atoms with Crippen molar-refractivity contribution in [3.8, 4) is 5.69 Å². The normalized spacial score (nSPS) is 11.3. The molecule has 8 heteroatoms. The zero-order valence-corrected chi connectivity index (χ0v) is 13.3. The quantitative estimate of drug-likeness (QED) is 0.587. The van der Waals surface area contributed by atoms with Crippen LogP contribution in [0, 0.1) is 17.5 Å². The van der Waals surface area contributed by atoms with Crippen LogP contribution in [0.5, 0.6) is 0 Å². The molecule has 0 unspecified atom stereocenters. The minimum atomic E-state index is -0.804. The van der Waals surface area contributed by atoms with E-state index in [0.717, 1.165) is 6.07 Å². The number of aromatic nitrogens is 2. The lowest BCUT2D eigenvalue weighted by atomic mass is 10.2. The molecule has 21 heavy (non-hydrogen) atoms. The Balaban J connectivity index is 2.37. The number of halogens is 5. The van der Waals surface area contributed by atoms with Gasteiger partial charge in [-0.15, -0.1) is 0 Å². The fourth-order valence-electron chi connectivity index (χ4n) is 2.03. The van der Waals surface area contributed by atoms with Gasteiger partial charge >= 0.3 is 0 Å². The molecule has 0 saturated carbocycles. The van der Waals surface area contributed by atoms with Crippen LogP contribution >= 0.6 is 31.9 Å². The van der Waals surface area contributed by atoms with E-state index in [2.05, 4.69) is 36.8 Å². The fourth-order valence-corrected chi connectivity index (χ4v) is 2.69. The van der Waals surface area contributed by atoms with Crippen LogP contribution in [-0.4, -0.2) is 9.55 Å². The van der Waals surface area contributed by atoms with Crippen molar-refractivity contribution >= 4 is 48.8 Å². The van der Waals surface area contributed by atoms with Crippen molar-refractivity contribution in [2.75, 3.05) is 5.73 Å². The first-order valence-electron chi connectivity index (χ1n) is 5.66. The summed E-state index contributed by atoms with van der Waals surface area (Å²) in [6.07, 6.45) is 0. The highest BCUT2D eigenvalue weighted by Gasteiger charge is 2.17. The molecule has 0 amide bonds. The fraction of sp³-hybridized carbons (Fsp3) is 0. The molecule has 2 N–H and O–H groups in total. The summed E-state index contributed by atoms with van der Waals surface area (Å²) >= 11 is 6.05. The van der Waals surface area contributed by atoms with E-state index >= 15 is 0 Å². The second-order valence-electron chi connectivity index (χ2n) is 4.28. The molecule has 3 nitrogen and oxygen atoms in total. The van der Waals surface area contributed by atoms with E-state index < -0.39 is 17.5 Å². The highest BCUT2D eigenvalue weighted by atomic mass is 79.9. The van der Waals surface area contributed by atoms with E-state index in [9.17, 15) is 13.2 Å². The molecule has 0 saturated heterocycles. The van der Waals surface area contributed by atoms with Crippen molar-refractivity contribution in [1.29, 1.82) is 0 Å². The van der Waals surface area contributed by atoms with Gasteiger partial charge in [0.05, 0.1) is 25.7 Å². The predicted molar refractivity (Wildman–Crippen MR) is 80.8 cm³/mol. The summed E-state index contributed by atoms with van der Waals surface area (Å²) in [5, 5.41) is 0.